The van der Waals surface area contributed by atoms with Crippen LogP contribution < -0.4 is 10.1 Å². The van der Waals surface area contributed by atoms with Gasteiger partial charge in [0.2, 0.25) is 5.88 Å². The second kappa shape index (κ2) is 4.12. The number of pyridine rings is 1. The SMILES string of the molecule is COc1ccc(NC2C3(C)CCC(C3)C2(C)C)cn1. The number of hydrogen-bond acceptors (Lipinski definition) is 3. The van der Waals surface area contributed by atoms with Crippen molar-refractivity contribution in [3.63, 3.8) is 0 Å². The normalized spacial score (nSPS) is 35.4. The van der Waals surface area contributed by atoms with E-state index in [2.05, 4.69) is 37.1 Å². The van der Waals surface area contributed by atoms with Crippen LogP contribution in [0.5, 0.6) is 5.88 Å². The van der Waals surface area contributed by atoms with Gasteiger partial charge in [0.05, 0.1) is 19.0 Å². The number of nitrogens with zero attached hydrogens (tertiary/aromatic N) is 1. The van der Waals surface area contributed by atoms with Crippen LogP contribution >= 0.6 is 0 Å². The molecule has 0 amide bonds. The van der Waals surface area contributed by atoms with Crippen molar-refractivity contribution in [1.29, 1.82) is 0 Å². The molecular formula is C16H24N2O. The number of fused-ring (bicyclic) bond motifs is 2. The Balaban J connectivity index is 1.82. The summed E-state index contributed by atoms with van der Waals surface area (Å²) in [5, 5.41) is 3.74. The predicted molar refractivity (Wildman–Crippen MR) is 77.4 cm³/mol. The molecule has 0 spiro atoms. The Morgan fingerprint density at radius 1 is 1.32 bits per heavy atom. The van der Waals surface area contributed by atoms with Crippen molar-refractivity contribution >= 4 is 5.69 Å². The molecule has 2 bridgehead atoms. The maximum absolute atomic E-state index is 5.11. The van der Waals surface area contributed by atoms with Crippen molar-refractivity contribution in [2.24, 2.45) is 16.7 Å². The number of anilines is 1. The van der Waals surface area contributed by atoms with Crippen LogP contribution in [0, 0.1) is 16.7 Å². The van der Waals surface area contributed by atoms with E-state index in [1.165, 1.54) is 19.3 Å². The summed E-state index contributed by atoms with van der Waals surface area (Å²) in [6, 6.07) is 4.52. The van der Waals surface area contributed by atoms with Crippen LogP contribution in [-0.4, -0.2) is 18.1 Å². The van der Waals surface area contributed by atoms with E-state index >= 15 is 0 Å². The lowest BCUT2D eigenvalue weighted by Crippen LogP contribution is -2.45. The molecule has 1 heterocycles. The predicted octanol–water partition coefficient (Wildman–Crippen LogP) is 3.72. The Morgan fingerprint density at radius 3 is 2.63 bits per heavy atom. The zero-order chi connectivity index (χ0) is 13.7. The van der Waals surface area contributed by atoms with Gasteiger partial charge in [-0.2, -0.15) is 0 Å². The third-order valence-corrected chi connectivity index (χ3v) is 5.53. The van der Waals surface area contributed by atoms with E-state index in [1.807, 2.05) is 12.3 Å². The van der Waals surface area contributed by atoms with Crippen molar-refractivity contribution in [2.75, 3.05) is 12.4 Å². The molecule has 0 aromatic carbocycles. The molecule has 3 heteroatoms. The molecule has 0 aliphatic heterocycles. The summed E-state index contributed by atoms with van der Waals surface area (Å²) < 4.78 is 5.11. The molecular weight excluding hydrogens is 236 g/mol. The highest BCUT2D eigenvalue weighted by atomic mass is 16.5. The fraction of sp³-hybridized carbons (Fsp3) is 0.688. The van der Waals surface area contributed by atoms with Crippen LogP contribution in [0.4, 0.5) is 5.69 Å². The van der Waals surface area contributed by atoms with Gasteiger partial charge in [-0.1, -0.05) is 20.8 Å². The summed E-state index contributed by atoms with van der Waals surface area (Å²) in [6.07, 6.45) is 5.98. The van der Waals surface area contributed by atoms with Crippen molar-refractivity contribution < 1.29 is 4.74 Å². The molecule has 2 aliphatic carbocycles. The van der Waals surface area contributed by atoms with E-state index in [0.717, 1.165) is 11.6 Å². The smallest absolute Gasteiger partial charge is 0.213 e. The summed E-state index contributed by atoms with van der Waals surface area (Å²) in [7, 11) is 1.65. The van der Waals surface area contributed by atoms with E-state index in [9.17, 15) is 0 Å². The van der Waals surface area contributed by atoms with Gasteiger partial charge in [0.15, 0.2) is 0 Å². The first-order valence-corrected chi connectivity index (χ1v) is 7.22. The van der Waals surface area contributed by atoms with E-state index < -0.39 is 0 Å². The van der Waals surface area contributed by atoms with Gasteiger partial charge in [0.1, 0.15) is 0 Å². The first-order chi connectivity index (χ1) is 8.95. The second-order valence-electron chi connectivity index (χ2n) is 7.08. The molecule has 3 atom stereocenters. The Hall–Kier alpha value is -1.25. The van der Waals surface area contributed by atoms with Gasteiger partial charge >= 0.3 is 0 Å². The summed E-state index contributed by atoms with van der Waals surface area (Å²) in [5.41, 5.74) is 1.91. The van der Waals surface area contributed by atoms with Crippen molar-refractivity contribution in [1.82, 2.24) is 4.98 Å². The van der Waals surface area contributed by atoms with Gasteiger partial charge in [-0.15, -0.1) is 0 Å². The molecule has 2 aliphatic rings. The summed E-state index contributed by atoms with van der Waals surface area (Å²) >= 11 is 0. The van der Waals surface area contributed by atoms with Gasteiger partial charge in [0, 0.05) is 12.1 Å². The van der Waals surface area contributed by atoms with Crippen molar-refractivity contribution in [2.45, 2.75) is 46.1 Å². The quantitative estimate of drug-likeness (QED) is 0.899. The number of nitrogens with one attached hydrogen (secondary N) is 1. The highest BCUT2D eigenvalue weighted by Crippen LogP contribution is 2.63. The maximum Gasteiger partial charge on any atom is 0.213 e. The van der Waals surface area contributed by atoms with Gasteiger partial charge in [-0.05, 0) is 42.1 Å². The Kier molecular flexibility index (Phi) is 2.77. The van der Waals surface area contributed by atoms with Crippen molar-refractivity contribution in [3.8, 4) is 5.88 Å². The highest BCUT2D eigenvalue weighted by molar-refractivity contribution is 5.45. The molecule has 0 radical (unpaired) electrons. The lowest BCUT2D eigenvalue weighted by atomic mass is 9.68. The molecule has 3 nitrogen and oxygen atoms in total. The number of rotatable bonds is 3. The molecule has 1 aromatic rings. The third-order valence-electron chi connectivity index (χ3n) is 5.53. The summed E-state index contributed by atoms with van der Waals surface area (Å²) in [4.78, 5) is 4.29. The summed E-state index contributed by atoms with van der Waals surface area (Å²) in [6.45, 7) is 7.27. The minimum absolute atomic E-state index is 0.368. The zero-order valence-electron chi connectivity index (χ0n) is 12.4. The average Bonchev–Trinajstić information content (AvgIpc) is 2.87. The largest absolute Gasteiger partial charge is 0.481 e. The van der Waals surface area contributed by atoms with Crippen LogP contribution in [0.1, 0.15) is 40.0 Å². The van der Waals surface area contributed by atoms with E-state index in [-0.39, 0.29) is 0 Å². The topological polar surface area (TPSA) is 34.1 Å². The number of ether oxygens (including phenoxy) is 1. The van der Waals surface area contributed by atoms with Crippen LogP contribution in [0.25, 0.3) is 0 Å². The first kappa shape index (κ1) is 12.8. The zero-order valence-corrected chi connectivity index (χ0v) is 12.4. The average molecular weight is 260 g/mol. The van der Waals surface area contributed by atoms with Crippen LogP contribution in [0.2, 0.25) is 0 Å². The monoisotopic (exact) mass is 260 g/mol. The first-order valence-electron chi connectivity index (χ1n) is 7.22. The second-order valence-corrected chi connectivity index (χ2v) is 7.08. The van der Waals surface area contributed by atoms with Gasteiger partial charge in [-0.3, -0.25) is 0 Å². The van der Waals surface area contributed by atoms with E-state index in [1.54, 1.807) is 7.11 Å². The fourth-order valence-electron chi connectivity index (χ4n) is 4.42. The lowest BCUT2D eigenvalue weighted by molar-refractivity contribution is 0.155. The van der Waals surface area contributed by atoms with E-state index in [4.69, 9.17) is 4.74 Å². The minimum atomic E-state index is 0.368. The Morgan fingerprint density at radius 2 is 2.11 bits per heavy atom. The third kappa shape index (κ3) is 1.90. The fourth-order valence-corrected chi connectivity index (χ4v) is 4.42. The number of aromatic nitrogens is 1. The van der Waals surface area contributed by atoms with Gasteiger partial charge in [-0.25, -0.2) is 4.98 Å². The van der Waals surface area contributed by atoms with Crippen molar-refractivity contribution in [3.05, 3.63) is 18.3 Å². The summed E-state index contributed by atoms with van der Waals surface area (Å²) in [5.74, 6) is 1.53. The lowest BCUT2D eigenvalue weighted by Gasteiger charge is -2.43. The van der Waals surface area contributed by atoms with Gasteiger partial charge in [0.25, 0.3) is 0 Å². The van der Waals surface area contributed by atoms with Crippen LogP contribution in [-0.2, 0) is 0 Å². The molecule has 104 valence electrons. The van der Waals surface area contributed by atoms with Gasteiger partial charge < -0.3 is 10.1 Å². The number of hydrogen-bond donors (Lipinski definition) is 1. The molecule has 1 N–H and O–H groups in total. The minimum Gasteiger partial charge on any atom is -0.481 e. The molecule has 3 rings (SSSR count). The van der Waals surface area contributed by atoms with Crippen LogP contribution in [0.3, 0.4) is 0 Å². The molecule has 2 saturated carbocycles. The molecule has 0 saturated heterocycles. The molecule has 3 unspecified atom stereocenters. The molecule has 1 aromatic heterocycles. The molecule has 2 fully saturated rings. The highest BCUT2D eigenvalue weighted by Gasteiger charge is 2.59. The van der Waals surface area contributed by atoms with Crippen LogP contribution in [0.15, 0.2) is 18.3 Å². The Bertz CT molecular complexity index is 463. The Labute approximate surface area is 115 Å². The molecule has 19 heavy (non-hydrogen) atoms. The number of methoxy groups -OCH3 is 1. The standard InChI is InChI=1S/C16H24N2O/c1-15(2)11-7-8-16(3,9-11)14(15)18-12-5-6-13(19-4)17-10-12/h5-6,10-11,14,18H,7-9H2,1-4H3. The van der Waals surface area contributed by atoms with E-state index in [0.29, 0.717) is 22.8 Å². The maximum atomic E-state index is 5.11.